The van der Waals surface area contributed by atoms with Gasteiger partial charge in [0.1, 0.15) is 18.2 Å². The molecule has 2 amide bonds. The zero-order chi connectivity index (χ0) is 22.3. The van der Waals surface area contributed by atoms with Crippen LogP contribution in [0.15, 0.2) is 48.5 Å². The number of benzene rings is 2. The first kappa shape index (κ1) is 21.8. The summed E-state index contributed by atoms with van der Waals surface area (Å²) in [5.74, 6) is 1.11. The monoisotopic (exact) mass is 452 g/mol. The van der Waals surface area contributed by atoms with Gasteiger partial charge in [-0.3, -0.25) is 9.59 Å². The van der Waals surface area contributed by atoms with Gasteiger partial charge in [0.15, 0.2) is 11.5 Å². The number of anilines is 1. The first-order valence-electron chi connectivity index (χ1n) is 10.5. The minimum Gasteiger partial charge on any atom is -0.486 e. The van der Waals surface area contributed by atoms with Crippen LogP contribution >= 0.6 is 11.3 Å². The van der Waals surface area contributed by atoms with E-state index >= 15 is 0 Å². The van der Waals surface area contributed by atoms with Crippen molar-refractivity contribution >= 4 is 28.8 Å². The third kappa shape index (κ3) is 5.61. The molecular formula is C23H24N4O4S. The number of hydrogen-bond acceptors (Lipinski definition) is 7. The molecule has 166 valence electrons. The Hall–Kier alpha value is -3.46. The van der Waals surface area contributed by atoms with E-state index in [4.69, 9.17) is 9.47 Å². The number of amides is 2. The average molecular weight is 453 g/mol. The summed E-state index contributed by atoms with van der Waals surface area (Å²) in [4.78, 5) is 24.6. The third-order valence-electron chi connectivity index (χ3n) is 4.93. The van der Waals surface area contributed by atoms with Crippen molar-refractivity contribution in [3.8, 4) is 11.5 Å². The van der Waals surface area contributed by atoms with Gasteiger partial charge in [-0.05, 0) is 43.2 Å². The second kappa shape index (κ2) is 10.2. The highest BCUT2D eigenvalue weighted by Gasteiger charge is 2.17. The van der Waals surface area contributed by atoms with E-state index in [1.807, 2.05) is 55.5 Å². The molecule has 0 aliphatic carbocycles. The van der Waals surface area contributed by atoms with Gasteiger partial charge in [0, 0.05) is 18.5 Å². The van der Waals surface area contributed by atoms with Gasteiger partial charge >= 0.3 is 0 Å². The van der Waals surface area contributed by atoms with Crippen LogP contribution in [-0.2, 0) is 11.2 Å². The molecule has 0 radical (unpaired) electrons. The molecule has 2 N–H and O–H groups in total. The van der Waals surface area contributed by atoms with Gasteiger partial charge in [0.05, 0.1) is 6.04 Å². The number of fused-ring (bicyclic) bond motifs is 1. The number of para-hydroxylation sites is 1. The Morgan fingerprint density at radius 3 is 2.66 bits per heavy atom. The minimum atomic E-state index is -0.286. The van der Waals surface area contributed by atoms with Crippen molar-refractivity contribution in [1.82, 2.24) is 15.5 Å². The molecule has 1 unspecified atom stereocenters. The van der Waals surface area contributed by atoms with Gasteiger partial charge in [0.25, 0.3) is 5.91 Å². The lowest BCUT2D eigenvalue weighted by atomic mass is 10.1. The van der Waals surface area contributed by atoms with E-state index in [0.717, 1.165) is 16.3 Å². The number of ether oxygens (including phenoxy) is 2. The molecule has 0 spiro atoms. The summed E-state index contributed by atoms with van der Waals surface area (Å²) in [6.45, 7) is 3.01. The fourth-order valence-electron chi connectivity index (χ4n) is 3.28. The minimum absolute atomic E-state index is 0.0426. The maximum absolute atomic E-state index is 12.4. The maximum Gasteiger partial charge on any atom is 0.286 e. The molecule has 0 bridgehead atoms. The molecule has 2 heterocycles. The molecule has 32 heavy (non-hydrogen) atoms. The highest BCUT2D eigenvalue weighted by atomic mass is 32.1. The molecule has 0 fully saturated rings. The smallest absolute Gasteiger partial charge is 0.286 e. The van der Waals surface area contributed by atoms with E-state index in [0.29, 0.717) is 48.9 Å². The number of aromatic nitrogens is 2. The first-order valence-corrected chi connectivity index (χ1v) is 11.3. The maximum atomic E-state index is 12.4. The van der Waals surface area contributed by atoms with Crippen molar-refractivity contribution in [2.75, 3.05) is 18.5 Å². The molecule has 3 aromatic rings. The zero-order valence-electron chi connectivity index (χ0n) is 17.7. The number of nitrogens with zero attached hydrogens (tertiary/aromatic N) is 2. The predicted octanol–water partition coefficient (Wildman–Crippen LogP) is 3.76. The van der Waals surface area contributed by atoms with Crippen LogP contribution in [0.5, 0.6) is 11.5 Å². The van der Waals surface area contributed by atoms with Crippen molar-refractivity contribution in [3.63, 3.8) is 0 Å². The number of carbonyl (C=O) groups is 2. The van der Waals surface area contributed by atoms with Crippen molar-refractivity contribution in [2.45, 2.75) is 32.2 Å². The summed E-state index contributed by atoms with van der Waals surface area (Å²) >= 11 is 1.24. The Morgan fingerprint density at radius 2 is 1.84 bits per heavy atom. The predicted molar refractivity (Wildman–Crippen MR) is 121 cm³/mol. The van der Waals surface area contributed by atoms with Crippen LogP contribution in [0, 0.1) is 0 Å². The fourth-order valence-corrected chi connectivity index (χ4v) is 4.06. The lowest BCUT2D eigenvalue weighted by Crippen LogP contribution is -2.26. The average Bonchev–Trinajstić information content (AvgIpc) is 3.28. The molecular weight excluding hydrogens is 428 g/mol. The lowest BCUT2D eigenvalue weighted by Gasteiger charge is -2.21. The number of aryl methyl sites for hydroxylation is 1. The van der Waals surface area contributed by atoms with Gasteiger partial charge in [-0.2, -0.15) is 0 Å². The number of rotatable bonds is 8. The SMILES string of the molecule is CC(NC(=O)CCCc1nnc(C(=O)Nc2ccccc2)s1)c1ccc2c(c1)OCCO2. The van der Waals surface area contributed by atoms with E-state index < -0.39 is 0 Å². The van der Waals surface area contributed by atoms with Gasteiger partial charge in [-0.1, -0.05) is 35.6 Å². The number of nitrogens with one attached hydrogen (secondary N) is 2. The largest absolute Gasteiger partial charge is 0.486 e. The van der Waals surface area contributed by atoms with Gasteiger partial charge < -0.3 is 20.1 Å². The van der Waals surface area contributed by atoms with Gasteiger partial charge in [0.2, 0.25) is 10.9 Å². The molecule has 1 aliphatic heterocycles. The van der Waals surface area contributed by atoms with Crippen molar-refractivity contribution in [2.24, 2.45) is 0 Å². The summed E-state index contributed by atoms with van der Waals surface area (Å²) in [6.07, 6.45) is 1.57. The van der Waals surface area contributed by atoms with Crippen LogP contribution in [0.4, 0.5) is 5.69 Å². The number of carbonyl (C=O) groups excluding carboxylic acids is 2. The normalized spacial score (nSPS) is 13.3. The lowest BCUT2D eigenvalue weighted by molar-refractivity contribution is -0.121. The molecule has 1 atom stereocenters. The van der Waals surface area contributed by atoms with Crippen LogP contribution < -0.4 is 20.1 Å². The van der Waals surface area contributed by atoms with Crippen LogP contribution in [0.3, 0.4) is 0 Å². The Labute approximate surface area is 190 Å². The molecule has 2 aromatic carbocycles. The zero-order valence-corrected chi connectivity index (χ0v) is 18.5. The standard InChI is InChI=1S/C23H24N4O4S/c1-15(16-10-11-18-19(14-16)31-13-12-30-18)24-20(28)8-5-9-21-26-27-23(32-21)22(29)25-17-6-3-2-4-7-17/h2-4,6-7,10-11,14-15H,5,8-9,12-13H2,1H3,(H,24,28)(H,25,29). The topological polar surface area (TPSA) is 102 Å². The Kier molecular flexibility index (Phi) is 6.96. The molecule has 0 saturated heterocycles. The van der Waals surface area contributed by atoms with E-state index in [9.17, 15) is 9.59 Å². The second-order valence-electron chi connectivity index (χ2n) is 7.37. The Bertz CT molecular complexity index is 1090. The summed E-state index contributed by atoms with van der Waals surface area (Å²) in [5, 5.41) is 14.9. The van der Waals surface area contributed by atoms with Crippen LogP contribution in [0.25, 0.3) is 0 Å². The highest BCUT2D eigenvalue weighted by Crippen LogP contribution is 2.32. The van der Waals surface area contributed by atoms with E-state index in [-0.39, 0.29) is 17.9 Å². The Morgan fingerprint density at radius 1 is 1.06 bits per heavy atom. The molecule has 0 saturated carbocycles. The first-order chi connectivity index (χ1) is 15.6. The quantitative estimate of drug-likeness (QED) is 0.540. The van der Waals surface area contributed by atoms with Crippen molar-refractivity contribution in [3.05, 3.63) is 64.1 Å². The Balaban J connectivity index is 1.22. The van der Waals surface area contributed by atoms with Gasteiger partial charge in [-0.15, -0.1) is 10.2 Å². The molecule has 8 nitrogen and oxygen atoms in total. The summed E-state index contributed by atoms with van der Waals surface area (Å²) in [6, 6.07) is 14.8. The van der Waals surface area contributed by atoms with Crippen LogP contribution in [-0.4, -0.2) is 35.2 Å². The number of hydrogen-bond donors (Lipinski definition) is 2. The molecule has 1 aliphatic rings. The summed E-state index contributed by atoms with van der Waals surface area (Å²) < 4.78 is 11.1. The van der Waals surface area contributed by atoms with Crippen LogP contribution in [0.2, 0.25) is 0 Å². The highest BCUT2D eigenvalue weighted by molar-refractivity contribution is 7.13. The molecule has 1 aromatic heterocycles. The fraction of sp³-hybridized carbons (Fsp3) is 0.304. The van der Waals surface area contributed by atoms with E-state index in [2.05, 4.69) is 20.8 Å². The van der Waals surface area contributed by atoms with Crippen molar-refractivity contribution < 1.29 is 19.1 Å². The summed E-state index contributed by atoms with van der Waals surface area (Å²) in [7, 11) is 0. The van der Waals surface area contributed by atoms with E-state index in [1.165, 1.54) is 11.3 Å². The summed E-state index contributed by atoms with van der Waals surface area (Å²) in [5.41, 5.74) is 1.67. The van der Waals surface area contributed by atoms with Crippen molar-refractivity contribution in [1.29, 1.82) is 0 Å². The van der Waals surface area contributed by atoms with E-state index in [1.54, 1.807) is 0 Å². The second-order valence-corrected chi connectivity index (χ2v) is 8.43. The van der Waals surface area contributed by atoms with Crippen LogP contribution in [0.1, 0.15) is 46.2 Å². The molecule has 9 heteroatoms. The molecule has 4 rings (SSSR count). The third-order valence-corrected chi connectivity index (χ3v) is 5.91. The van der Waals surface area contributed by atoms with Gasteiger partial charge in [-0.25, -0.2) is 0 Å².